The average Bonchev–Trinajstić information content (AvgIpc) is 2.45. The van der Waals surface area contributed by atoms with Gasteiger partial charge in [0, 0.05) is 24.2 Å². The zero-order valence-corrected chi connectivity index (χ0v) is 15.2. The van der Waals surface area contributed by atoms with Crippen LogP contribution in [0.15, 0.2) is 29.2 Å². The number of rotatable bonds is 7. The molecular weight excluding hydrogens is 332 g/mol. The summed E-state index contributed by atoms with van der Waals surface area (Å²) in [5, 5.41) is 8.72. The minimum atomic E-state index is -3.66. The maximum absolute atomic E-state index is 12.3. The van der Waals surface area contributed by atoms with E-state index in [2.05, 4.69) is 4.72 Å². The van der Waals surface area contributed by atoms with Crippen LogP contribution in [0.2, 0.25) is 0 Å². The summed E-state index contributed by atoms with van der Waals surface area (Å²) in [7, 11) is -3.66. The van der Waals surface area contributed by atoms with E-state index in [1.807, 2.05) is 0 Å². The highest BCUT2D eigenvalue weighted by molar-refractivity contribution is 7.89. The molecule has 0 saturated carbocycles. The summed E-state index contributed by atoms with van der Waals surface area (Å²) < 4.78 is 27.0. The Morgan fingerprint density at radius 2 is 1.71 bits per heavy atom. The van der Waals surface area contributed by atoms with Gasteiger partial charge in [0.05, 0.1) is 11.3 Å². The normalized spacial score (nSPS) is 12.0. The van der Waals surface area contributed by atoms with E-state index in [9.17, 15) is 18.0 Å². The minimum Gasteiger partial charge on any atom is -0.481 e. The van der Waals surface area contributed by atoms with Crippen LogP contribution in [0.25, 0.3) is 0 Å². The number of carbonyl (C=O) groups is 2. The Bertz CT molecular complexity index is 690. The van der Waals surface area contributed by atoms with Gasteiger partial charge in [-0.2, -0.15) is 0 Å². The van der Waals surface area contributed by atoms with Gasteiger partial charge in [0.15, 0.2) is 0 Å². The Balaban J connectivity index is 2.94. The topological polar surface area (TPSA) is 104 Å². The zero-order chi connectivity index (χ0) is 18.5. The summed E-state index contributed by atoms with van der Waals surface area (Å²) in [4.78, 5) is 24.5. The molecule has 7 nitrogen and oxygen atoms in total. The molecule has 1 aromatic rings. The molecule has 24 heavy (non-hydrogen) atoms. The third kappa shape index (κ3) is 5.93. The number of aliphatic carboxylic acids is 1. The largest absolute Gasteiger partial charge is 0.481 e. The first-order valence-corrected chi connectivity index (χ1v) is 9.09. The van der Waals surface area contributed by atoms with Crippen LogP contribution in [0.5, 0.6) is 0 Å². The first-order chi connectivity index (χ1) is 11.0. The highest BCUT2D eigenvalue weighted by Crippen LogP contribution is 2.15. The van der Waals surface area contributed by atoms with Crippen LogP contribution in [0, 0.1) is 0 Å². The maximum Gasteiger partial charge on any atom is 0.305 e. The standard InChI is InChI=1S/C16H24N2O5S/c1-5-18(11-10-14(19)20)15(21)12-6-8-13(9-7-12)24(22,23)17-16(2,3)4/h6-9,17H,5,10-11H2,1-4H3,(H,19,20). The van der Waals surface area contributed by atoms with Crippen LogP contribution in [0.1, 0.15) is 44.5 Å². The van der Waals surface area contributed by atoms with Crippen LogP contribution in [0.3, 0.4) is 0 Å². The molecule has 0 atom stereocenters. The van der Waals surface area contributed by atoms with E-state index in [1.165, 1.54) is 29.2 Å². The molecule has 1 amide bonds. The first kappa shape index (κ1) is 20.1. The Kier molecular flexibility index (Phi) is 6.50. The number of hydrogen-bond acceptors (Lipinski definition) is 4. The molecule has 0 aliphatic heterocycles. The van der Waals surface area contributed by atoms with Gasteiger partial charge in [0.1, 0.15) is 0 Å². The van der Waals surface area contributed by atoms with Crippen molar-refractivity contribution in [3.8, 4) is 0 Å². The lowest BCUT2D eigenvalue weighted by molar-refractivity contribution is -0.137. The minimum absolute atomic E-state index is 0.0718. The number of hydrogen-bond donors (Lipinski definition) is 2. The summed E-state index contributed by atoms with van der Waals surface area (Å²) >= 11 is 0. The third-order valence-electron chi connectivity index (χ3n) is 3.12. The molecule has 0 aromatic heterocycles. The highest BCUT2D eigenvalue weighted by atomic mass is 32.2. The molecule has 0 aliphatic rings. The van der Waals surface area contributed by atoms with E-state index in [0.717, 1.165) is 0 Å². The van der Waals surface area contributed by atoms with E-state index in [1.54, 1.807) is 27.7 Å². The van der Waals surface area contributed by atoms with Gasteiger partial charge in [-0.15, -0.1) is 0 Å². The molecule has 1 aromatic carbocycles. The van der Waals surface area contributed by atoms with Crippen LogP contribution < -0.4 is 4.72 Å². The van der Waals surface area contributed by atoms with Crippen molar-refractivity contribution in [2.24, 2.45) is 0 Å². The fourth-order valence-corrected chi connectivity index (χ4v) is 3.47. The Morgan fingerprint density at radius 3 is 2.12 bits per heavy atom. The fourth-order valence-electron chi connectivity index (χ4n) is 2.06. The number of carbonyl (C=O) groups excluding carboxylic acids is 1. The van der Waals surface area contributed by atoms with Crippen molar-refractivity contribution in [2.45, 2.75) is 44.6 Å². The van der Waals surface area contributed by atoms with Crippen LogP contribution in [0.4, 0.5) is 0 Å². The monoisotopic (exact) mass is 356 g/mol. The van der Waals surface area contributed by atoms with Crippen molar-refractivity contribution in [3.63, 3.8) is 0 Å². The van der Waals surface area contributed by atoms with E-state index in [0.29, 0.717) is 12.1 Å². The van der Waals surface area contributed by atoms with Crippen LogP contribution in [-0.2, 0) is 14.8 Å². The molecule has 0 spiro atoms. The third-order valence-corrected chi connectivity index (χ3v) is 4.89. The SMILES string of the molecule is CCN(CCC(=O)O)C(=O)c1ccc(S(=O)(=O)NC(C)(C)C)cc1. The molecule has 134 valence electrons. The number of sulfonamides is 1. The van der Waals surface area contributed by atoms with Gasteiger partial charge in [-0.3, -0.25) is 9.59 Å². The molecule has 2 N–H and O–H groups in total. The molecular formula is C16H24N2O5S. The second kappa shape index (κ2) is 7.76. The maximum atomic E-state index is 12.3. The molecule has 0 bridgehead atoms. The van der Waals surface area contributed by atoms with Crippen molar-refractivity contribution >= 4 is 21.9 Å². The van der Waals surface area contributed by atoms with Crippen molar-refractivity contribution in [1.82, 2.24) is 9.62 Å². The van der Waals surface area contributed by atoms with Crippen molar-refractivity contribution in [3.05, 3.63) is 29.8 Å². The average molecular weight is 356 g/mol. The predicted molar refractivity (Wildman–Crippen MR) is 90.3 cm³/mol. The second-order valence-electron chi connectivity index (χ2n) is 6.41. The predicted octanol–water partition coefficient (Wildman–Crippen LogP) is 1.70. The lowest BCUT2D eigenvalue weighted by Gasteiger charge is -2.21. The van der Waals surface area contributed by atoms with E-state index >= 15 is 0 Å². The summed E-state index contributed by atoms with van der Waals surface area (Å²) in [5.74, 6) is -1.30. The second-order valence-corrected chi connectivity index (χ2v) is 8.09. The summed E-state index contributed by atoms with van der Waals surface area (Å²) in [6.45, 7) is 7.46. The van der Waals surface area contributed by atoms with Crippen LogP contribution in [-0.4, -0.2) is 48.9 Å². The number of carboxylic acid groups (broad SMARTS) is 1. The number of nitrogens with one attached hydrogen (secondary N) is 1. The Morgan fingerprint density at radius 1 is 1.17 bits per heavy atom. The van der Waals surface area contributed by atoms with Crippen molar-refractivity contribution in [1.29, 1.82) is 0 Å². The molecule has 8 heteroatoms. The summed E-state index contributed by atoms with van der Waals surface area (Å²) in [5.41, 5.74) is -0.291. The molecule has 0 heterocycles. The molecule has 1 rings (SSSR count). The molecule has 0 fully saturated rings. The lowest BCUT2D eigenvalue weighted by atomic mass is 10.1. The number of carboxylic acids is 1. The fraction of sp³-hybridized carbons (Fsp3) is 0.500. The highest BCUT2D eigenvalue weighted by Gasteiger charge is 2.22. The Hall–Kier alpha value is -1.93. The molecule has 0 aliphatic carbocycles. The van der Waals surface area contributed by atoms with Gasteiger partial charge in [0.2, 0.25) is 10.0 Å². The van der Waals surface area contributed by atoms with Crippen molar-refractivity contribution < 1.29 is 23.1 Å². The van der Waals surface area contributed by atoms with E-state index in [4.69, 9.17) is 5.11 Å². The van der Waals surface area contributed by atoms with Gasteiger partial charge < -0.3 is 10.0 Å². The van der Waals surface area contributed by atoms with Gasteiger partial charge in [0.25, 0.3) is 5.91 Å². The quantitative estimate of drug-likeness (QED) is 0.774. The van der Waals surface area contributed by atoms with E-state index in [-0.39, 0.29) is 23.8 Å². The summed E-state index contributed by atoms with van der Waals surface area (Å²) in [6, 6.07) is 5.60. The Labute approximate surface area is 142 Å². The zero-order valence-electron chi connectivity index (χ0n) is 14.4. The molecule has 0 saturated heterocycles. The van der Waals surface area contributed by atoms with Gasteiger partial charge in [-0.25, -0.2) is 13.1 Å². The molecule has 0 radical (unpaired) electrons. The van der Waals surface area contributed by atoms with Gasteiger partial charge >= 0.3 is 5.97 Å². The van der Waals surface area contributed by atoms with Crippen LogP contribution >= 0.6 is 0 Å². The van der Waals surface area contributed by atoms with E-state index < -0.39 is 21.5 Å². The number of nitrogens with zero attached hydrogens (tertiary/aromatic N) is 1. The van der Waals surface area contributed by atoms with Gasteiger partial charge in [-0.05, 0) is 52.0 Å². The lowest BCUT2D eigenvalue weighted by Crippen LogP contribution is -2.40. The molecule has 0 unspecified atom stereocenters. The number of benzene rings is 1. The first-order valence-electron chi connectivity index (χ1n) is 7.61. The smallest absolute Gasteiger partial charge is 0.305 e. The summed E-state index contributed by atoms with van der Waals surface area (Å²) in [6.07, 6.45) is -0.137. The van der Waals surface area contributed by atoms with Crippen molar-refractivity contribution in [2.75, 3.05) is 13.1 Å². The van der Waals surface area contributed by atoms with Gasteiger partial charge in [-0.1, -0.05) is 0 Å². The number of amides is 1.